The maximum absolute atomic E-state index is 12.5. The maximum atomic E-state index is 12.5. The quantitative estimate of drug-likeness (QED) is 0.862. The number of hydrogen-bond acceptors (Lipinski definition) is 3. The zero-order valence-corrected chi connectivity index (χ0v) is 12.3. The van der Waals surface area contributed by atoms with Crippen LogP contribution in [0.25, 0.3) is 0 Å². The van der Waals surface area contributed by atoms with Crippen LogP contribution in [0.5, 0.6) is 0 Å². The first-order valence-electron chi connectivity index (χ1n) is 6.52. The molecule has 2 rings (SSSR count). The monoisotopic (exact) mass is 297 g/mol. The lowest BCUT2D eigenvalue weighted by Crippen LogP contribution is -2.43. The van der Waals surface area contributed by atoms with Gasteiger partial charge in [-0.15, -0.1) is 0 Å². The van der Waals surface area contributed by atoms with Crippen LogP contribution in [-0.2, 0) is 21.5 Å². The molecule has 0 aromatic heterocycles. The molecule has 1 saturated heterocycles. The molecule has 1 aromatic rings. The van der Waals surface area contributed by atoms with E-state index in [1.54, 1.807) is 7.05 Å². The Morgan fingerprint density at radius 1 is 1.25 bits per heavy atom. The van der Waals surface area contributed by atoms with E-state index in [9.17, 15) is 13.2 Å². The third-order valence-corrected chi connectivity index (χ3v) is 5.17. The Hall–Kier alpha value is -1.44. The summed E-state index contributed by atoms with van der Waals surface area (Å²) in [5, 5.41) is 2.67. The number of carbonyl (C=O) groups excluding carboxylic acids is 1. The highest BCUT2D eigenvalue weighted by Crippen LogP contribution is 2.12. The van der Waals surface area contributed by atoms with Gasteiger partial charge in [0.1, 0.15) is 0 Å². The number of carbonyl (C=O) groups is 1. The first kappa shape index (κ1) is 15.0. The molecule has 0 atom stereocenters. The predicted octanol–water partition coefficient (Wildman–Crippen LogP) is 0.185. The summed E-state index contributed by atoms with van der Waals surface area (Å²) in [6.07, 6.45) is 0.207. The molecular weight excluding hydrogens is 278 g/mol. The second kappa shape index (κ2) is 6.34. The standard InChI is InChI=1S/C13H19N3O3S/c1-15(11-12-5-3-2-4-6-12)20(18,19)16-9-7-13(17)14-8-10-16/h2-6H,7-11H2,1H3,(H,14,17). The van der Waals surface area contributed by atoms with Crippen molar-refractivity contribution in [1.29, 1.82) is 0 Å². The number of benzene rings is 1. The van der Waals surface area contributed by atoms with Crippen molar-refractivity contribution in [3.05, 3.63) is 35.9 Å². The van der Waals surface area contributed by atoms with Gasteiger partial charge in [-0.25, -0.2) is 0 Å². The van der Waals surface area contributed by atoms with Gasteiger partial charge >= 0.3 is 0 Å². The smallest absolute Gasteiger partial charge is 0.282 e. The Morgan fingerprint density at radius 3 is 2.65 bits per heavy atom. The first-order chi connectivity index (χ1) is 9.50. The number of nitrogens with one attached hydrogen (secondary N) is 1. The molecule has 0 spiro atoms. The van der Waals surface area contributed by atoms with Crippen molar-refractivity contribution in [2.45, 2.75) is 13.0 Å². The maximum Gasteiger partial charge on any atom is 0.282 e. The van der Waals surface area contributed by atoms with Gasteiger partial charge < -0.3 is 5.32 Å². The first-order valence-corrected chi connectivity index (χ1v) is 7.92. The molecule has 1 aromatic carbocycles. The molecule has 0 saturated carbocycles. The van der Waals surface area contributed by atoms with E-state index in [1.165, 1.54) is 8.61 Å². The van der Waals surface area contributed by atoms with Crippen molar-refractivity contribution < 1.29 is 13.2 Å². The highest BCUT2D eigenvalue weighted by Gasteiger charge is 2.28. The minimum Gasteiger partial charge on any atom is -0.355 e. The summed E-state index contributed by atoms with van der Waals surface area (Å²) in [5.74, 6) is -0.103. The molecule has 0 bridgehead atoms. The highest BCUT2D eigenvalue weighted by molar-refractivity contribution is 7.86. The molecule has 1 aliphatic rings. The third kappa shape index (κ3) is 3.56. The molecular formula is C13H19N3O3S. The summed E-state index contributed by atoms with van der Waals surface area (Å²) in [7, 11) is -1.97. The summed E-state index contributed by atoms with van der Waals surface area (Å²) in [4.78, 5) is 11.3. The number of nitrogens with zero attached hydrogens (tertiary/aromatic N) is 2. The van der Waals surface area contributed by atoms with E-state index in [-0.39, 0.29) is 18.9 Å². The molecule has 1 amide bonds. The van der Waals surface area contributed by atoms with E-state index >= 15 is 0 Å². The molecule has 0 unspecified atom stereocenters. The molecule has 20 heavy (non-hydrogen) atoms. The summed E-state index contributed by atoms with van der Waals surface area (Å²) >= 11 is 0. The van der Waals surface area contributed by atoms with E-state index in [2.05, 4.69) is 5.32 Å². The molecule has 1 heterocycles. The highest BCUT2D eigenvalue weighted by atomic mass is 32.2. The Bertz CT molecular complexity index is 559. The number of rotatable bonds is 4. The van der Waals surface area contributed by atoms with E-state index in [0.717, 1.165) is 5.56 Å². The van der Waals surface area contributed by atoms with Gasteiger partial charge in [0.2, 0.25) is 5.91 Å². The van der Waals surface area contributed by atoms with E-state index in [1.807, 2.05) is 30.3 Å². The molecule has 110 valence electrons. The molecule has 1 N–H and O–H groups in total. The van der Waals surface area contributed by atoms with E-state index in [0.29, 0.717) is 19.6 Å². The topological polar surface area (TPSA) is 69.7 Å². The second-order valence-corrected chi connectivity index (χ2v) is 6.78. The van der Waals surface area contributed by atoms with E-state index < -0.39 is 10.2 Å². The van der Waals surface area contributed by atoms with Gasteiger partial charge in [-0.1, -0.05) is 30.3 Å². The van der Waals surface area contributed by atoms with Crippen molar-refractivity contribution in [3.8, 4) is 0 Å². The van der Waals surface area contributed by atoms with Gasteiger partial charge in [0.25, 0.3) is 10.2 Å². The van der Waals surface area contributed by atoms with Crippen LogP contribution in [-0.4, -0.2) is 49.6 Å². The fourth-order valence-electron chi connectivity index (χ4n) is 2.10. The molecule has 0 radical (unpaired) electrons. The Morgan fingerprint density at radius 2 is 1.95 bits per heavy atom. The van der Waals surface area contributed by atoms with Crippen LogP contribution in [0.15, 0.2) is 30.3 Å². The van der Waals surface area contributed by atoms with Crippen molar-refractivity contribution in [2.24, 2.45) is 0 Å². The van der Waals surface area contributed by atoms with Crippen LogP contribution in [0.4, 0.5) is 0 Å². The lowest BCUT2D eigenvalue weighted by atomic mass is 10.2. The Balaban J connectivity index is 2.07. The largest absolute Gasteiger partial charge is 0.355 e. The zero-order chi connectivity index (χ0) is 14.6. The van der Waals surface area contributed by atoms with Crippen LogP contribution < -0.4 is 5.32 Å². The van der Waals surface area contributed by atoms with Crippen LogP contribution in [0.1, 0.15) is 12.0 Å². The molecule has 6 nitrogen and oxygen atoms in total. The van der Waals surface area contributed by atoms with Crippen LogP contribution in [0.2, 0.25) is 0 Å². The molecule has 1 fully saturated rings. The van der Waals surface area contributed by atoms with Gasteiger partial charge in [-0.2, -0.15) is 17.0 Å². The van der Waals surface area contributed by atoms with Gasteiger partial charge in [0.05, 0.1) is 0 Å². The van der Waals surface area contributed by atoms with Crippen molar-refractivity contribution in [1.82, 2.24) is 13.9 Å². The summed E-state index contributed by atoms with van der Waals surface area (Å²) in [6, 6.07) is 9.43. The van der Waals surface area contributed by atoms with Crippen LogP contribution >= 0.6 is 0 Å². The SMILES string of the molecule is CN(Cc1ccccc1)S(=O)(=O)N1CCNC(=O)CC1. The third-order valence-electron chi connectivity index (χ3n) is 3.24. The number of amides is 1. The Kier molecular flexibility index (Phi) is 4.74. The van der Waals surface area contributed by atoms with Crippen molar-refractivity contribution in [3.63, 3.8) is 0 Å². The lowest BCUT2D eigenvalue weighted by Gasteiger charge is -2.26. The average molecular weight is 297 g/mol. The van der Waals surface area contributed by atoms with Gasteiger partial charge in [-0.3, -0.25) is 4.79 Å². The van der Waals surface area contributed by atoms with E-state index in [4.69, 9.17) is 0 Å². The molecule has 0 aliphatic carbocycles. The van der Waals surface area contributed by atoms with Crippen molar-refractivity contribution >= 4 is 16.1 Å². The zero-order valence-electron chi connectivity index (χ0n) is 11.4. The van der Waals surface area contributed by atoms with Crippen LogP contribution in [0, 0.1) is 0 Å². The fourth-order valence-corrected chi connectivity index (χ4v) is 3.45. The summed E-state index contributed by atoms with van der Waals surface area (Å²) < 4.78 is 27.6. The van der Waals surface area contributed by atoms with Gasteiger partial charge in [0.15, 0.2) is 0 Å². The predicted molar refractivity (Wildman–Crippen MR) is 76.0 cm³/mol. The molecule has 1 aliphatic heterocycles. The summed E-state index contributed by atoms with van der Waals surface area (Å²) in [6.45, 7) is 1.22. The Labute approximate surface area is 119 Å². The fraction of sp³-hybridized carbons (Fsp3) is 0.462. The van der Waals surface area contributed by atoms with Gasteiger partial charge in [-0.05, 0) is 5.56 Å². The lowest BCUT2D eigenvalue weighted by molar-refractivity contribution is -0.120. The average Bonchev–Trinajstić information content (AvgIpc) is 2.65. The minimum atomic E-state index is -3.53. The summed E-state index contributed by atoms with van der Waals surface area (Å²) in [5.41, 5.74) is 0.933. The minimum absolute atomic E-state index is 0.103. The van der Waals surface area contributed by atoms with Gasteiger partial charge in [0, 0.05) is 39.6 Å². The number of hydrogen-bond donors (Lipinski definition) is 1. The van der Waals surface area contributed by atoms with Crippen LogP contribution in [0.3, 0.4) is 0 Å². The second-order valence-electron chi connectivity index (χ2n) is 4.75. The normalized spacial score (nSPS) is 17.8. The molecule has 7 heteroatoms. The van der Waals surface area contributed by atoms with Crippen molar-refractivity contribution in [2.75, 3.05) is 26.7 Å².